The number of hydrogen-bond acceptors (Lipinski definition) is 2. The minimum absolute atomic E-state index is 0.653. The Hall–Kier alpha value is -2.30. The van der Waals surface area contributed by atoms with Crippen LogP contribution in [0.2, 0.25) is 10.0 Å². The third-order valence-corrected chi connectivity index (χ3v) is 4.56. The standard InChI is InChI=1S/C18H14Cl2N4/c19-14-7-5-13(16(20)9-14)6-8-15-10-23(11-21-15)24-12-22-17-3-1-2-4-18(17)24/h1-5,7,9-12H,6,8H2. The first-order valence-electron chi connectivity index (χ1n) is 7.60. The van der Waals surface area contributed by atoms with Gasteiger partial charge in [-0.05, 0) is 42.7 Å². The average molecular weight is 357 g/mol. The van der Waals surface area contributed by atoms with Crippen molar-refractivity contribution < 1.29 is 0 Å². The molecule has 0 radical (unpaired) electrons. The SMILES string of the molecule is Clc1ccc(CCc2cn(-n3cnc4ccccc43)cn2)c(Cl)c1. The highest BCUT2D eigenvalue weighted by molar-refractivity contribution is 6.35. The van der Waals surface area contributed by atoms with Gasteiger partial charge in [-0.1, -0.05) is 41.4 Å². The Balaban J connectivity index is 1.55. The second-order valence-electron chi connectivity index (χ2n) is 5.56. The van der Waals surface area contributed by atoms with Crippen LogP contribution in [0.5, 0.6) is 0 Å². The van der Waals surface area contributed by atoms with Crippen LogP contribution in [-0.2, 0) is 12.8 Å². The van der Waals surface area contributed by atoms with Gasteiger partial charge in [0.25, 0.3) is 0 Å². The van der Waals surface area contributed by atoms with Crippen LogP contribution >= 0.6 is 23.2 Å². The molecule has 0 bridgehead atoms. The maximum Gasteiger partial charge on any atom is 0.116 e. The fourth-order valence-corrected chi connectivity index (χ4v) is 3.22. The van der Waals surface area contributed by atoms with Crippen LogP contribution in [0.1, 0.15) is 11.3 Å². The van der Waals surface area contributed by atoms with E-state index in [1.807, 2.05) is 51.9 Å². The van der Waals surface area contributed by atoms with Crippen LogP contribution in [-0.4, -0.2) is 19.3 Å². The molecule has 120 valence electrons. The molecular weight excluding hydrogens is 343 g/mol. The number of aromatic nitrogens is 4. The Morgan fingerprint density at radius 2 is 1.79 bits per heavy atom. The molecule has 0 atom stereocenters. The lowest BCUT2D eigenvalue weighted by Gasteiger charge is -2.04. The van der Waals surface area contributed by atoms with Gasteiger partial charge in [0.15, 0.2) is 0 Å². The van der Waals surface area contributed by atoms with Gasteiger partial charge in [0.1, 0.15) is 12.7 Å². The van der Waals surface area contributed by atoms with E-state index in [1.54, 1.807) is 18.7 Å². The molecule has 0 aliphatic heterocycles. The van der Waals surface area contributed by atoms with Crippen LogP contribution in [0.4, 0.5) is 0 Å². The van der Waals surface area contributed by atoms with E-state index in [0.717, 1.165) is 35.1 Å². The van der Waals surface area contributed by atoms with Crippen molar-refractivity contribution in [1.82, 2.24) is 19.3 Å². The van der Waals surface area contributed by atoms with Crippen molar-refractivity contribution >= 4 is 34.2 Å². The van der Waals surface area contributed by atoms with E-state index >= 15 is 0 Å². The summed E-state index contributed by atoms with van der Waals surface area (Å²) in [5, 5.41) is 1.35. The second kappa shape index (κ2) is 6.30. The maximum atomic E-state index is 6.23. The Morgan fingerprint density at radius 3 is 2.67 bits per heavy atom. The summed E-state index contributed by atoms with van der Waals surface area (Å²) in [5.74, 6) is 0. The van der Waals surface area contributed by atoms with Crippen molar-refractivity contribution in [2.24, 2.45) is 0 Å². The molecule has 4 aromatic rings. The van der Waals surface area contributed by atoms with Crippen molar-refractivity contribution in [2.75, 3.05) is 0 Å². The highest BCUT2D eigenvalue weighted by atomic mass is 35.5. The first-order valence-corrected chi connectivity index (χ1v) is 8.36. The number of fused-ring (bicyclic) bond motifs is 1. The molecule has 0 amide bonds. The van der Waals surface area contributed by atoms with Crippen molar-refractivity contribution in [3.63, 3.8) is 0 Å². The molecule has 0 saturated carbocycles. The van der Waals surface area contributed by atoms with Crippen LogP contribution in [0.25, 0.3) is 11.0 Å². The third-order valence-electron chi connectivity index (χ3n) is 3.97. The van der Waals surface area contributed by atoms with Crippen molar-refractivity contribution in [3.8, 4) is 0 Å². The van der Waals surface area contributed by atoms with Gasteiger partial charge in [-0.15, -0.1) is 0 Å². The van der Waals surface area contributed by atoms with E-state index in [0.29, 0.717) is 10.0 Å². The Kier molecular flexibility index (Phi) is 4.00. The molecule has 4 rings (SSSR count). The Labute approximate surface area is 149 Å². The van der Waals surface area contributed by atoms with Crippen LogP contribution in [0, 0.1) is 0 Å². The van der Waals surface area contributed by atoms with Crippen molar-refractivity contribution in [3.05, 3.63) is 82.6 Å². The fraction of sp³-hybridized carbons (Fsp3) is 0.111. The summed E-state index contributed by atoms with van der Waals surface area (Å²) in [6.45, 7) is 0. The van der Waals surface area contributed by atoms with Gasteiger partial charge in [0.05, 0.1) is 22.9 Å². The zero-order chi connectivity index (χ0) is 16.5. The number of hydrogen-bond donors (Lipinski definition) is 0. The summed E-state index contributed by atoms with van der Waals surface area (Å²) in [6.07, 6.45) is 7.23. The molecule has 0 fully saturated rings. The number of aryl methyl sites for hydroxylation is 2. The number of imidazole rings is 2. The van der Waals surface area contributed by atoms with Gasteiger partial charge in [-0.25, -0.2) is 19.3 Å². The zero-order valence-corrected chi connectivity index (χ0v) is 14.2. The summed E-state index contributed by atoms with van der Waals surface area (Å²) in [6, 6.07) is 13.6. The summed E-state index contributed by atoms with van der Waals surface area (Å²) in [5.41, 5.74) is 4.07. The zero-order valence-electron chi connectivity index (χ0n) is 12.7. The first kappa shape index (κ1) is 15.2. The molecule has 0 unspecified atom stereocenters. The number of benzene rings is 2. The Morgan fingerprint density at radius 1 is 0.917 bits per heavy atom. The number of nitrogens with zero attached hydrogens (tertiary/aromatic N) is 4. The summed E-state index contributed by atoms with van der Waals surface area (Å²) in [4.78, 5) is 8.89. The lowest BCUT2D eigenvalue weighted by molar-refractivity contribution is 0.678. The van der Waals surface area contributed by atoms with Gasteiger partial charge < -0.3 is 0 Å². The Bertz CT molecular complexity index is 1000. The summed E-state index contributed by atoms with van der Waals surface area (Å²) in [7, 11) is 0. The van der Waals surface area contributed by atoms with E-state index in [-0.39, 0.29) is 0 Å². The molecule has 0 spiro atoms. The molecule has 2 heterocycles. The summed E-state index contributed by atoms with van der Waals surface area (Å²) >= 11 is 12.2. The molecule has 0 N–H and O–H groups in total. The van der Waals surface area contributed by atoms with Gasteiger partial charge in [0, 0.05) is 10.0 Å². The van der Waals surface area contributed by atoms with Gasteiger partial charge in [-0.2, -0.15) is 0 Å². The predicted octanol–water partition coefficient (Wildman–Crippen LogP) is 4.64. The minimum atomic E-state index is 0.653. The lowest BCUT2D eigenvalue weighted by Crippen LogP contribution is -2.04. The van der Waals surface area contributed by atoms with Gasteiger partial charge >= 0.3 is 0 Å². The number of rotatable bonds is 4. The number of halogens is 2. The molecule has 0 saturated heterocycles. The fourth-order valence-electron chi connectivity index (χ4n) is 2.72. The molecule has 2 aromatic heterocycles. The minimum Gasteiger partial charge on any atom is -0.242 e. The highest BCUT2D eigenvalue weighted by Crippen LogP contribution is 2.22. The highest BCUT2D eigenvalue weighted by Gasteiger charge is 2.07. The topological polar surface area (TPSA) is 35.6 Å². The third kappa shape index (κ3) is 2.90. The molecule has 6 heteroatoms. The van der Waals surface area contributed by atoms with Crippen LogP contribution in [0.15, 0.2) is 61.3 Å². The smallest absolute Gasteiger partial charge is 0.116 e. The van der Waals surface area contributed by atoms with Gasteiger partial charge in [0.2, 0.25) is 0 Å². The number of para-hydroxylation sites is 2. The molecule has 0 aliphatic carbocycles. The molecule has 2 aromatic carbocycles. The first-order chi connectivity index (χ1) is 11.7. The normalized spacial score (nSPS) is 11.2. The molecule has 0 aliphatic rings. The average Bonchev–Trinajstić information content (AvgIpc) is 3.20. The van der Waals surface area contributed by atoms with E-state index in [4.69, 9.17) is 23.2 Å². The van der Waals surface area contributed by atoms with Crippen LogP contribution < -0.4 is 0 Å². The largest absolute Gasteiger partial charge is 0.242 e. The molecular formula is C18H14Cl2N4. The quantitative estimate of drug-likeness (QED) is 0.534. The maximum absolute atomic E-state index is 6.23. The van der Waals surface area contributed by atoms with Crippen molar-refractivity contribution in [1.29, 1.82) is 0 Å². The summed E-state index contributed by atoms with van der Waals surface area (Å²) < 4.78 is 3.91. The van der Waals surface area contributed by atoms with Gasteiger partial charge in [-0.3, -0.25) is 0 Å². The monoisotopic (exact) mass is 356 g/mol. The molecule has 4 nitrogen and oxygen atoms in total. The molecule has 24 heavy (non-hydrogen) atoms. The van der Waals surface area contributed by atoms with E-state index < -0.39 is 0 Å². The van der Waals surface area contributed by atoms with Crippen LogP contribution in [0.3, 0.4) is 0 Å². The lowest BCUT2D eigenvalue weighted by atomic mass is 10.1. The van der Waals surface area contributed by atoms with Crippen molar-refractivity contribution in [2.45, 2.75) is 12.8 Å². The predicted molar refractivity (Wildman–Crippen MR) is 96.6 cm³/mol. The second-order valence-corrected chi connectivity index (χ2v) is 6.40. The van der Waals surface area contributed by atoms with E-state index in [2.05, 4.69) is 9.97 Å². The van der Waals surface area contributed by atoms with E-state index in [1.165, 1.54) is 0 Å². The van der Waals surface area contributed by atoms with E-state index in [9.17, 15) is 0 Å².